The van der Waals surface area contributed by atoms with E-state index in [4.69, 9.17) is 16.3 Å². The third kappa shape index (κ3) is 5.18. The van der Waals surface area contributed by atoms with Gasteiger partial charge in [0.15, 0.2) is 0 Å². The molecule has 0 heterocycles. The molecule has 2 aromatic carbocycles. The molecule has 0 saturated carbocycles. The Kier molecular flexibility index (Phi) is 6.29. The first-order valence-corrected chi connectivity index (χ1v) is 7.91. The van der Waals surface area contributed by atoms with Crippen LogP contribution >= 0.6 is 11.6 Å². The van der Waals surface area contributed by atoms with Crippen LogP contribution in [0, 0.1) is 6.92 Å². The van der Waals surface area contributed by atoms with Gasteiger partial charge < -0.3 is 15.4 Å². The lowest BCUT2D eigenvalue weighted by Gasteiger charge is -2.13. The highest BCUT2D eigenvalue weighted by Crippen LogP contribution is 2.30. The summed E-state index contributed by atoms with van der Waals surface area (Å²) in [5.41, 5.74) is 2.76. The van der Waals surface area contributed by atoms with Gasteiger partial charge in [-0.2, -0.15) is 0 Å². The van der Waals surface area contributed by atoms with E-state index in [1.54, 1.807) is 19.2 Å². The number of hydrogen-bond donors (Lipinski definition) is 2. The van der Waals surface area contributed by atoms with Crippen molar-refractivity contribution in [1.29, 1.82) is 0 Å². The Morgan fingerprint density at radius 3 is 2.65 bits per heavy atom. The molecule has 2 amide bonds. The Hall–Kier alpha value is -2.20. The van der Waals surface area contributed by atoms with E-state index in [0.29, 0.717) is 23.0 Å². The van der Waals surface area contributed by atoms with Crippen LogP contribution in [0.2, 0.25) is 5.02 Å². The number of anilines is 1. The number of ether oxygens (including phenoxy) is 1. The maximum absolute atomic E-state index is 12.0. The number of methoxy groups -OCH3 is 1. The largest absolute Gasteiger partial charge is 0.495 e. The molecule has 0 aromatic heterocycles. The quantitative estimate of drug-likeness (QED) is 0.770. The second-order valence-corrected chi connectivity index (χ2v) is 5.68. The molecule has 0 aliphatic rings. The second kappa shape index (κ2) is 8.44. The van der Waals surface area contributed by atoms with E-state index in [9.17, 15) is 4.79 Å². The summed E-state index contributed by atoms with van der Waals surface area (Å²) in [5, 5.41) is 6.25. The zero-order valence-corrected chi connectivity index (χ0v) is 14.1. The Morgan fingerprint density at radius 2 is 1.96 bits per heavy atom. The highest BCUT2D eigenvalue weighted by molar-refractivity contribution is 6.31. The lowest BCUT2D eigenvalue weighted by atomic mass is 10.1. The van der Waals surface area contributed by atoms with Gasteiger partial charge in [0, 0.05) is 17.6 Å². The molecule has 0 spiro atoms. The molecule has 23 heavy (non-hydrogen) atoms. The van der Waals surface area contributed by atoms with Crippen LogP contribution in [0.4, 0.5) is 10.5 Å². The molecule has 0 saturated heterocycles. The fourth-order valence-electron chi connectivity index (χ4n) is 2.24. The molecule has 0 radical (unpaired) electrons. The summed E-state index contributed by atoms with van der Waals surface area (Å²) in [7, 11) is 1.55. The summed E-state index contributed by atoms with van der Waals surface area (Å²) in [4.78, 5) is 12.0. The van der Waals surface area contributed by atoms with E-state index in [2.05, 4.69) is 22.8 Å². The topological polar surface area (TPSA) is 50.4 Å². The van der Waals surface area contributed by atoms with Gasteiger partial charge in [-0.3, -0.25) is 0 Å². The molecule has 0 unspecified atom stereocenters. The van der Waals surface area contributed by atoms with Gasteiger partial charge in [-0.15, -0.1) is 0 Å². The maximum Gasteiger partial charge on any atom is 0.319 e. The Labute approximate surface area is 141 Å². The monoisotopic (exact) mass is 332 g/mol. The van der Waals surface area contributed by atoms with E-state index in [1.807, 2.05) is 25.1 Å². The predicted octanol–water partition coefficient (Wildman–Crippen LogP) is 4.41. The summed E-state index contributed by atoms with van der Waals surface area (Å²) in [6.45, 7) is 2.49. The Balaban J connectivity index is 1.82. The standard InChI is InChI=1S/C18H21ClN2O2/c1-13-11-16(17(23-2)12-15(13)19)21-18(22)20-10-6-9-14-7-4-3-5-8-14/h3-5,7-8,11-12H,6,9-10H2,1-2H3,(H2,20,21,22). The molecule has 2 aromatic rings. The van der Waals surface area contributed by atoms with Crippen LogP contribution in [0.5, 0.6) is 5.75 Å². The minimum Gasteiger partial charge on any atom is -0.495 e. The van der Waals surface area contributed by atoms with Crippen LogP contribution in [0.15, 0.2) is 42.5 Å². The first kappa shape index (κ1) is 17.2. The average Bonchev–Trinajstić information content (AvgIpc) is 2.56. The zero-order chi connectivity index (χ0) is 16.7. The molecule has 4 nitrogen and oxygen atoms in total. The maximum atomic E-state index is 12.0. The van der Waals surface area contributed by atoms with Crippen molar-refractivity contribution in [2.75, 3.05) is 19.0 Å². The number of rotatable bonds is 6. The number of urea groups is 1. The molecule has 122 valence electrons. The molecule has 0 atom stereocenters. The number of hydrogen-bond acceptors (Lipinski definition) is 2. The van der Waals surface area contributed by atoms with Gasteiger partial charge in [0.2, 0.25) is 0 Å². The lowest BCUT2D eigenvalue weighted by molar-refractivity contribution is 0.252. The molecule has 0 aliphatic heterocycles. The van der Waals surface area contributed by atoms with E-state index in [-0.39, 0.29) is 6.03 Å². The fraction of sp³-hybridized carbons (Fsp3) is 0.278. The SMILES string of the molecule is COc1cc(Cl)c(C)cc1NC(=O)NCCCc1ccccc1. The highest BCUT2D eigenvalue weighted by atomic mass is 35.5. The minimum atomic E-state index is -0.252. The van der Waals surface area contributed by atoms with Crippen molar-refractivity contribution in [1.82, 2.24) is 5.32 Å². The van der Waals surface area contributed by atoms with Crippen LogP contribution in [0.1, 0.15) is 17.5 Å². The van der Waals surface area contributed by atoms with Gasteiger partial charge in [-0.05, 0) is 37.0 Å². The number of benzene rings is 2. The zero-order valence-electron chi connectivity index (χ0n) is 13.4. The summed E-state index contributed by atoms with van der Waals surface area (Å²) >= 11 is 6.05. The van der Waals surface area contributed by atoms with Crippen molar-refractivity contribution < 1.29 is 9.53 Å². The fourth-order valence-corrected chi connectivity index (χ4v) is 2.39. The van der Waals surface area contributed by atoms with Gasteiger partial charge in [0.25, 0.3) is 0 Å². The molecular formula is C18H21ClN2O2. The van der Waals surface area contributed by atoms with E-state index in [0.717, 1.165) is 18.4 Å². The average molecular weight is 333 g/mol. The van der Waals surface area contributed by atoms with Crippen molar-refractivity contribution in [3.63, 3.8) is 0 Å². The van der Waals surface area contributed by atoms with Crippen molar-refractivity contribution in [2.45, 2.75) is 19.8 Å². The normalized spacial score (nSPS) is 10.2. The highest BCUT2D eigenvalue weighted by Gasteiger charge is 2.09. The van der Waals surface area contributed by atoms with Crippen molar-refractivity contribution in [3.05, 3.63) is 58.6 Å². The molecule has 0 fully saturated rings. The molecule has 2 rings (SSSR count). The number of halogens is 1. The first-order chi connectivity index (χ1) is 11.1. The first-order valence-electron chi connectivity index (χ1n) is 7.53. The smallest absolute Gasteiger partial charge is 0.319 e. The number of carbonyl (C=O) groups is 1. The lowest BCUT2D eigenvalue weighted by Crippen LogP contribution is -2.30. The number of nitrogens with one attached hydrogen (secondary N) is 2. The third-order valence-electron chi connectivity index (χ3n) is 3.50. The third-order valence-corrected chi connectivity index (χ3v) is 3.91. The number of amides is 2. The molecule has 2 N–H and O–H groups in total. The molecule has 0 bridgehead atoms. The number of carbonyl (C=O) groups excluding carboxylic acids is 1. The van der Waals surface area contributed by atoms with Crippen molar-refractivity contribution >= 4 is 23.3 Å². The van der Waals surface area contributed by atoms with Crippen LogP contribution in [0.3, 0.4) is 0 Å². The van der Waals surface area contributed by atoms with Crippen molar-refractivity contribution in [2.24, 2.45) is 0 Å². The second-order valence-electron chi connectivity index (χ2n) is 5.27. The van der Waals surface area contributed by atoms with Crippen LogP contribution in [-0.2, 0) is 6.42 Å². The van der Waals surface area contributed by atoms with E-state index >= 15 is 0 Å². The van der Waals surface area contributed by atoms with Gasteiger partial charge in [-0.1, -0.05) is 41.9 Å². The van der Waals surface area contributed by atoms with Crippen LogP contribution in [0.25, 0.3) is 0 Å². The van der Waals surface area contributed by atoms with Gasteiger partial charge in [0.1, 0.15) is 5.75 Å². The van der Waals surface area contributed by atoms with Crippen LogP contribution < -0.4 is 15.4 Å². The van der Waals surface area contributed by atoms with Crippen LogP contribution in [-0.4, -0.2) is 19.7 Å². The molecular weight excluding hydrogens is 312 g/mol. The Bertz CT molecular complexity index is 660. The summed E-state index contributed by atoms with van der Waals surface area (Å²) in [6.07, 6.45) is 1.82. The molecule has 0 aliphatic carbocycles. The summed E-state index contributed by atoms with van der Waals surface area (Å²) in [6, 6.07) is 13.4. The van der Waals surface area contributed by atoms with Gasteiger partial charge in [0.05, 0.1) is 12.8 Å². The molecule has 5 heteroatoms. The summed E-state index contributed by atoms with van der Waals surface area (Å²) < 4.78 is 5.24. The van der Waals surface area contributed by atoms with Gasteiger partial charge in [-0.25, -0.2) is 4.79 Å². The summed E-state index contributed by atoms with van der Waals surface area (Å²) in [5.74, 6) is 0.542. The van der Waals surface area contributed by atoms with Gasteiger partial charge >= 0.3 is 6.03 Å². The minimum absolute atomic E-state index is 0.252. The number of aryl methyl sites for hydroxylation is 2. The van der Waals surface area contributed by atoms with Crippen molar-refractivity contribution in [3.8, 4) is 5.75 Å². The predicted molar refractivity (Wildman–Crippen MR) is 94.5 cm³/mol. The van der Waals surface area contributed by atoms with E-state index < -0.39 is 0 Å². The van der Waals surface area contributed by atoms with E-state index in [1.165, 1.54) is 5.56 Å². The Morgan fingerprint density at radius 1 is 1.22 bits per heavy atom.